The molecular formula is C26H23BrFN5O2. The zero-order valence-electron chi connectivity index (χ0n) is 18.7. The number of carbonyl (C=O) groups excluding carboxylic acids is 1. The molecule has 7 nitrogen and oxygen atoms in total. The third kappa shape index (κ3) is 4.78. The molecule has 178 valence electrons. The van der Waals surface area contributed by atoms with Crippen molar-refractivity contribution in [2.24, 2.45) is 0 Å². The van der Waals surface area contributed by atoms with Gasteiger partial charge in [0.05, 0.1) is 17.1 Å². The van der Waals surface area contributed by atoms with Crippen LogP contribution < -0.4 is 11.5 Å². The first kappa shape index (κ1) is 23.1. The molecule has 1 fully saturated rings. The number of amides is 1. The number of nitrogens with zero attached hydrogens (tertiary/aromatic N) is 3. The van der Waals surface area contributed by atoms with Crippen molar-refractivity contribution in [1.29, 1.82) is 0 Å². The van der Waals surface area contributed by atoms with Gasteiger partial charge in [0.1, 0.15) is 18.1 Å². The van der Waals surface area contributed by atoms with Crippen LogP contribution in [-0.4, -0.2) is 33.7 Å². The van der Waals surface area contributed by atoms with Crippen LogP contribution in [-0.2, 0) is 16.0 Å². The Balaban J connectivity index is 1.50. The summed E-state index contributed by atoms with van der Waals surface area (Å²) in [6.45, 7) is 0.403. The normalized spacial score (nSPS) is 15.7. The summed E-state index contributed by atoms with van der Waals surface area (Å²) in [5, 5.41) is 4.78. The molecule has 1 amide bonds. The molecule has 1 unspecified atom stereocenters. The quantitative estimate of drug-likeness (QED) is 0.348. The first-order valence-electron chi connectivity index (χ1n) is 11.1. The summed E-state index contributed by atoms with van der Waals surface area (Å²) in [5.41, 5.74) is 16.7. The Labute approximate surface area is 210 Å². The largest absolute Gasteiger partial charge is 0.397 e. The molecule has 9 heteroatoms. The van der Waals surface area contributed by atoms with E-state index in [0.29, 0.717) is 30.0 Å². The number of carbonyl (C=O) groups is 1. The lowest BCUT2D eigenvalue weighted by molar-refractivity contribution is -0.128. The molecule has 1 aromatic heterocycles. The molecule has 0 saturated carbocycles. The van der Waals surface area contributed by atoms with Crippen LogP contribution in [0.1, 0.15) is 17.4 Å². The summed E-state index contributed by atoms with van der Waals surface area (Å²) < 4.78 is 22.3. The summed E-state index contributed by atoms with van der Waals surface area (Å²) in [5.74, 6) is -0.445. The molecule has 0 spiro atoms. The number of benzene rings is 3. The number of rotatable bonds is 6. The zero-order valence-corrected chi connectivity index (χ0v) is 20.3. The summed E-state index contributed by atoms with van der Waals surface area (Å²) in [6.07, 6.45) is 1.82. The molecular weight excluding hydrogens is 513 g/mol. The van der Waals surface area contributed by atoms with Crippen molar-refractivity contribution in [3.8, 4) is 16.9 Å². The highest BCUT2D eigenvalue weighted by atomic mass is 79.9. The van der Waals surface area contributed by atoms with Crippen LogP contribution >= 0.6 is 15.9 Å². The second-order valence-corrected chi connectivity index (χ2v) is 9.24. The second-order valence-electron chi connectivity index (χ2n) is 8.32. The van der Waals surface area contributed by atoms with Gasteiger partial charge in [-0.05, 0) is 72.6 Å². The molecule has 4 aromatic rings. The van der Waals surface area contributed by atoms with Crippen molar-refractivity contribution in [3.05, 3.63) is 94.3 Å². The van der Waals surface area contributed by atoms with Gasteiger partial charge in [0.25, 0.3) is 5.91 Å². The lowest BCUT2D eigenvalue weighted by atomic mass is 10.1. The number of ether oxygens (including phenoxy) is 1. The van der Waals surface area contributed by atoms with Crippen LogP contribution in [0.3, 0.4) is 0 Å². The fraction of sp³-hybridized carbons (Fsp3) is 0.154. The lowest BCUT2D eigenvalue weighted by Gasteiger charge is -2.23. The van der Waals surface area contributed by atoms with Gasteiger partial charge < -0.3 is 21.1 Å². The average molecular weight is 536 g/mol. The van der Waals surface area contributed by atoms with E-state index in [1.165, 1.54) is 12.1 Å². The van der Waals surface area contributed by atoms with E-state index >= 15 is 0 Å². The van der Waals surface area contributed by atoms with E-state index in [0.717, 1.165) is 26.9 Å². The number of halogens is 2. The molecule has 1 saturated heterocycles. The van der Waals surface area contributed by atoms with Gasteiger partial charge in [0, 0.05) is 28.3 Å². The van der Waals surface area contributed by atoms with Gasteiger partial charge in [-0.3, -0.25) is 4.79 Å². The molecule has 1 aliphatic heterocycles. The Kier molecular flexibility index (Phi) is 6.27. The molecule has 1 aliphatic rings. The standard InChI is InChI=1S/C26H23BrFN5O2/c27-18-4-8-20(9-5-18)33-14-21(25(31-33)17-2-6-19(28)7-3-17)26-32(24(34)15-35-26)12-11-16-1-10-22(29)23(30)13-16/h1-10,13-14,26H,11-12,15,29-30H2. The summed E-state index contributed by atoms with van der Waals surface area (Å²) in [7, 11) is 0. The van der Waals surface area contributed by atoms with E-state index < -0.39 is 6.23 Å². The van der Waals surface area contributed by atoms with Crippen LogP contribution in [0.15, 0.2) is 77.4 Å². The molecule has 4 N–H and O–H groups in total. The van der Waals surface area contributed by atoms with Crippen LogP contribution in [0.4, 0.5) is 15.8 Å². The van der Waals surface area contributed by atoms with Gasteiger partial charge >= 0.3 is 0 Å². The van der Waals surface area contributed by atoms with Crippen molar-refractivity contribution in [3.63, 3.8) is 0 Å². The third-order valence-corrected chi connectivity index (χ3v) is 6.51. The summed E-state index contributed by atoms with van der Waals surface area (Å²) >= 11 is 3.45. The monoisotopic (exact) mass is 535 g/mol. The van der Waals surface area contributed by atoms with E-state index in [1.807, 2.05) is 42.6 Å². The Bertz CT molecular complexity index is 1370. The van der Waals surface area contributed by atoms with Crippen molar-refractivity contribution in [2.75, 3.05) is 24.6 Å². The van der Waals surface area contributed by atoms with Crippen molar-refractivity contribution in [2.45, 2.75) is 12.6 Å². The molecule has 0 aliphatic carbocycles. The van der Waals surface area contributed by atoms with E-state index in [2.05, 4.69) is 15.9 Å². The lowest BCUT2D eigenvalue weighted by Crippen LogP contribution is -2.30. The van der Waals surface area contributed by atoms with Gasteiger partial charge in [0.15, 0.2) is 6.23 Å². The number of nitrogens with two attached hydrogens (primary N) is 2. The Morgan fingerprint density at radius 3 is 2.49 bits per heavy atom. The summed E-state index contributed by atoms with van der Waals surface area (Å²) in [6, 6.07) is 19.3. The fourth-order valence-corrected chi connectivity index (χ4v) is 4.37. The number of hydrogen-bond donors (Lipinski definition) is 2. The zero-order chi connectivity index (χ0) is 24.5. The smallest absolute Gasteiger partial charge is 0.250 e. The van der Waals surface area contributed by atoms with Crippen LogP contribution in [0.5, 0.6) is 0 Å². The minimum atomic E-state index is -0.627. The van der Waals surface area contributed by atoms with Crippen molar-refractivity contribution in [1.82, 2.24) is 14.7 Å². The van der Waals surface area contributed by atoms with E-state index in [-0.39, 0.29) is 18.3 Å². The van der Waals surface area contributed by atoms with Crippen LogP contribution in [0.2, 0.25) is 0 Å². The average Bonchev–Trinajstić information content (AvgIpc) is 3.44. The number of anilines is 2. The molecule has 1 atom stereocenters. The van der Waals surface area contributed by atoms with Gasteiger partial charge in [0.2, 0.25) is 0 Å². The fourth-order valence-electron chi connectivity index (χ4n) is 4.11. The maximum atomic E-state index is 13.6. The van der Waals surface area contributed by atoms with Crippen LogP contribution in [0.25, 0.3) is 16.9 Å². The van der Waals surface area contributed by atoms with Gasteiger partial charge in [-0.15, -0.1) is 0 Å². The molecule has 0 radical (unpaired) electrons. The maximum Gasteiger partial charge on any atom is 0.250 e. The van der Waals surface area contributed by atoms with Crippen LogP contribution in [0, 0.1) is 5.82 Å². The minimum Gasteiger partial charge on any atom is -0.397 e. The highest BCUT2D eigenvalue weighted by molar-refractivity contribution is 9.10. The highest BCUT2D eigenvalue weighted by Gasteiger charge is 2.36. The Morgan fingerprint density at radius 2 is 1.77 bits per heavy atom. The van der Waals surface area contributed by atoms with E-state index in [4.69, 9.17) is 21.3 Å². The molecule has 2 heterocycles. The number of hydrogen-bond acceptors (Lipinski definition) is 5. The maximum absolute atomic E-state index is 13.6. The van der Waals surface area contributed by atoms with Gasteiger partial charge in [-0.1, -0.05) is 22.0 Å². The van der Waals surface area contributed by atoms with Crippen molar-refractivity contribution >= 4 is 33.2 Å². The minimum absolute atomic E-state index is 0.0269. The number of aromatic nitrogens is 2. The predicted molar refractivity (Wildman–Crippen MR) is 136 cm³/mol. The van der Waals surface area contributed by atoms with Gasteiger partial charge in [-0.2, -0.15) is 5.10 Å². The molecule has 5 rings (SSSR count). The second kappa shape index (κ2) is 9.52. The number of nitrogen functional groups attached to an aromatic ring is 2. The topological polar surface area (TPSA) is 99.4 Å². The van der Waals surface area contributed by atoms with E-state index in [1.54, 1.807) is 27.8 Å². The van der Waals surface area contributed by atoms with Crippen molar-refractivity contribution < 1.29 is 13.9 Å². The molecule has 3 aromatic carbocycles. The van der Waals surface area contributed by atoms with E-state index in [9.17, 15) is 9.18 Å². The highest BCUT2D eigenvalue weighted by Crippen LogP contribution is 2.35. The predicted octanol–water partition coefficient (Wildman–Crippen LogP) is 4.71. The summed E-state index contributed by atoms with van der Waals surface area (Å²) in [4.78, 5) is 14.5. The Morgan fingerprint density at radius 1 is 1.03 bits per heavy atom. The third-order valence-electron chi connectivity index (χ3n) is 5.98. The molecule has 35 heavy (non-hydrogen) atoms. The Hall–Kier alpha value is -3.69. The SMILES string of the molecule is Nc1ccc(CCN2C(=O)COC2c2cn(-c3ccc(Br)cc3)nc2-c2ccc(F)cc2)cc1N. The first-order chi connectivity index (χ1) is 16.9. The first-order valence-corrected chi connectivity index (χ1v) is 11.8. The van der Waals surface area contributed by atoms with Gasteiger partial charge in [-0.25, -0.2) is 9.07 Å². The molecule has 0 bridgehead atoms.